The van der Waals surface area contributed by atoms with Crippen LogP contribution in [0.15, 0.2) is 23.6 Å². The van der Waals surface area contributed by atoms with E-state index in [1.807, 2.05) is 11.4 Å². The van der Waals surface area contributed by atoms with Crippen molar-refractivity contribution in [1.29, 1.82) is 0 Å². The zero-order valence-electron chi connectivity index (χ0n) is 8.88. The fourth-order valence-corrected chi connectivity index (χ4v) is 3.26. The SMILES string of the molecule is O=C1CCC(N2C(=O)C=CC2=O)c2ccsc21. The van der Waals surface area contributed by atoms with Gasteiger partial charge in [0.25, 0.3) is 11.8 Å². The molecule has 0 radical (unpaired) electrons. The first kappa shape index (κ1) is 10.4. The summed E-state index contributed by atoms with van der Waals surface area (Å²) in [7, 11) is 0. The lowest BCUT2D eigenvalue weighted by Gasteiger charge is -2.29. The van der Waals surface area contributed by atoms with Crippen molar-refractivity contribution in [1.82, 2.24) is 4.90 Å². The van der Waals surface area contributed by atoms with Gasteiger partial charge < -0.3 is 0 Å². The number of amides is 2. The van der Waals surface area contributed by atoms with E-state index in [-0.39, 0.29) is 23.6 Å². The van der Waals surface area contributed by atoms with E-state index in [2.05, 4.69) is 0 Å². The molecule has 0 fully saturated rings. The first-order chi connectivity index (χ1) is 8.18. The van der Waals surface area contributed by atoms with Gasteiger partial charge in [-0.2, -0.15) is 0 Å². The molecule has 0 aromatic carbocycles. The van der Waals surface area contributed by atoms with Gasteiger partial charge >= 0.3 is 0 Å². The Morgan fingerprint density at radius 1 is 1.18 bits per heavy atom. The van der Waals surface area contributed by atoms with Crippen molar-refractivity contribution < 1.29 is 14.4 Å². The summed E-state index contributed by atoms with van der Waals surface area (Å²) in [5, 5.41) is 1.83. The van der Waals surface area contributed by atoms with Crippen molar-refractivity contribution in [2.75, 3.05) is 0 Å². The van der Waals surface area contributed by atoms with Gasteiger partial charge in [-0.05, 0) is 23.4 Å². The summed E-state index contributed by atoms with van der Waals surface area (Å²) in [6.07, 6.45) is 3.49. The van der Waals surface area contributed by atoms with E-state index in [1.165, 1.54) is 28.4 Å². The lowest BCUT2D eigenvalue weighted by molar-refractivity contribution is -0.139. The van der Waals surface area contributed by atoms with Gasteiger partial charge in [0, 0.05) is 18.6 Å². The van der Waals surface area contributed by atoms with Crippen LogP contribution in [0.5, 0.6) is 0 Å². The fraction of sp³-hybridized carbons (Fsp3) is 0.250. The molecular formula is C12H9NO3S. The van der Waals surface area contributed by atoms with Crippen LogP contribution in [0.1, 0.15) is 34.1 Å². The van der Waals surface area contributed by atoms with Gasteiger partial charge in [-0.15, -0.1) is 11.3 Å². The molecule has 0 spiro atoms. The highest BCUT2D eigenvalue weighted by Gasteiger charge is 2.37. The molecule has 0 bridgehead atoms. The summed E-state index contributed by atoms with van der Waals surface area (Å²) in [5.41, 5.74) is 0.816. The molecule has 3 rings (SSSR count). The molecule has 1 aromatic heterocycles. The van der Waals surface area contributed by atoms with Gasteiger partial charge in [-0.3, -0.25) is 19.3 Å². The zero-order valence-corrected chi connectivity index (χ0v) is 9.70. The van der Waals surface area contributed by atoms with E-state index in [9.17, 15) is 14.4 Å². The molecule has 1 unspecified atom stereocenters. The van der Waals surface area contributed by atoms with E-state index in [1.54, 1.807) is 0 Å². The Bertz CT molecular complexity index is 540. The monoisotopic (exact) mass is 247 g/mol. The number of carbonyl (C=O) groups excluding carboxylic acids is 3. The van der Waals surface area contributed by atoms with Gasteiger partial charge in [0.15, 0.2) is 5.78 Å². The molecule has 2 aliphatic rings. The minimum Gasteiger partial charge on any atom is -0.293 e. The maximum Gasteiger partial charge on any atom is 0.254 e. The van der Waals surface area contributed by atoms with Gasteiger partial charge in [-0.1, -0.05) is 0 Å². The van der Waals surface area contributed by atoms with Crippen LogP contribution in [-0.2, 0) is 9.59 Å². The normalized spacial score (nSPS) is 23.4. The van der Waals surface area contributed by atoms with E-state index in [4.69, 9.17) is 0 Å². The molecule has 0 N–H and O–H groups in total. The Morgan fingerprint density at radius 3 is 2.59 bits per heavy atom. The number of imide groups is 1. The number of Topliss-reactive ketones (excluding diaryl/α,β-unsaturated/α-hetero) is 1. The summed E-state index contributed by atoms with van der Waals surface area (Å²) in [6, 6.07) is 1.56. The average molecular weight is 247 g/mol. The topological polar surface area (TPSA) is 54.5 Å². The number of rotatable bonds is 1. The largest absolute Gasteiger partial charge is 0.293 e. The second-order valence-electron chi connectivity index (χ2n) is 4.06. The Morgan fingerprint density at radius 2 is 1.88 bits per heavy atom. The van der Waals surface area contributed by atoms with Crippen molar-refractivity contribution in [3.63, 3.8) is 0 Å². The van der Waals surface area contributed by atoms with E-state index in [0.717, 1.165) is 5.56 Å². The first-order valence-corrected chi connectivity index (χ1v) is 6.22. The van der Waals surface area contributed by atoms with Crippen molar-refractivity contribution >= 4 is 28.9 Å². The highest BCUT2D eigenvalue weighted by molar-refractivity contribution is 7.12. The smallest absolute Gasteiger partial charge is 0.254 e. The Balaban J connectivity index is 2.02. The van der Waals surface area contributed by atoms with Gasteiger partial charge in [0.05, 0.1) is 10.9 Å². The lowest BCUT2D eigenvalue weighted by Crippen LogP contribution is -2.36. The zero-order chi connectivity index (χ0) is 12.0. The maximum atomic E-state index is 11.7. The number of nitrogens with zero attached hydrogens (tertiary/aromatic N) is 1. The van der Waals surface area contributed by atoms with Crippen molar-refractivity contribution in [2.24, 2.45) is 0 Å². The molecule has 5 heteroatoms. The predicted molar refractivity (Wildman–Crippen MR) is 61.6 cm³/mol. The molecule has 1 aliphatic carbocycles. The van der Waals surface area contributed by atoms with Gasteiger partial charge in [0.2, 0.25) is 0 Å². The number of carbonyl (C=O) groups is 3. The molecule has 0 saturated carbocycles. The third-order valence-corrected chi connectivity index (χ3v) is 4.08. The Hall–Kier alpha value is -1.75. The van der Waals surface area contributed by atoms with Crippen LogP contribution in [-0.4, -0.2) is 22.5 Å². The fourth-order valence-electron chi connectivity index (χ4n) is 2.33. The summed E-state index contributed by atoms with van der Waals surface area (Å²) in [4.78, 5) is 36.9. The van der Waals surface area contributed by atoms with Crippen LogP contribution in [0.25, 0.3) is 0 Å². The molecule has 86 valence electrons. The standard InChI is InChI=1S/C12H9NO3S/c14-9-2-1-8(7-5-6-17-12(7)9)13-10(15)3-4-11(13)16/h3-6,8H,1-2H2. The molecule has 2 heterocycles. The van der Waals surface area contributed by atoms with Crippen LogP contribution in [0, 0.1) is 0 Å². The highest BCUT2D eigenvalue weighted by atomic mass is 32.1. The minimum absolute atomic E-state index is 0.110. The molecule has 4 nitrogen and oxygen atoms in total. The van der Waals surface area contributed by atoms with Crippen molar-refractivity contribution in [3.05, 3.63) is 34.0 Å². The minimum atomic E-state index is -0.286. The highest BCUT2D eigenvalue weighted by Crippen LogP contribution is 2.38. The summed E-state index contributed by atoms with van der Waals surface area (Å²) >= 11 is 1.38. The molecular weight excluding hydrogens is 238 g/mol. The van der Waals surface area contributed by atoms with E-state index in [0.29, 0.717) is 17.7 Å². The molecule has 2 amide bonds. The van der Waals surface area contributed by atoms with Gasteiger partial charge in [-0.25, -0.2) is 0 Å². The van der Waals surface area contributed by atoms with Crippen LogP contribution in [0.4, 0.5) is 0 Å². The van der Waals surface area contributed by atoms with Crippen LogP contribution in [0.3, 0.4) is 0 Å². The Labute approximate surface area is 102 Å². The molecule has 17 heavy (non-hydrogen) atoms. The third-order valence-electron chi connectivity index (χ3n) is 3.11. The van der Waals surface area contributed by atoms with Crippen molar-refractivity contribution in [3.8, 4) is 0 Å². The summed E-state index contributed by atoms with van der Waals surface area (Å²) in [6.45, 7) is 0. The molecule has 0 saturated heterocycles. The maximum absolute atomic E-state index is 11.7. The molecule has 1 aliphatic heterocycles. The number of ketones is 1. The first-order valence-electron chi connectivity index (χ1n) is 5.34. The lowest BCUT2D eigenvalue weighted by atomic mass is 9.92. The molecule has 1 atom stereocenters. The van der Waals surface area contributed by atoms with Gasteiger partial charge in [0.1, 0.15) is 0 Å². The van der Waals surface area contributed by atoms with Crippen LogP contribution < -0.4 is 0 Å². The second kappa shape index (κ2) is 3.63. The van der Waals surface area contributed by atoms with E-state index < -0.39 is 0 Å². The molecule has 1 aromatic rings. The Kier molecular flexibility index (Phi) is 2.22. The number of hydrogen-bond donors (Lipinski definition) is 0. The predicted octanol–water partition coefficient (Wildman–Crippen LogP) is 1.69. The van der Waals surface area contributed by atoms with Crippen LogP contribution >= 0.6 is 11.3 Å². The number of fused-ring (bicyclic) bond motifs is 1. The van der Waals surface area contributed by atoms with Crippen LogP contribution in [0.2, 0.25) is 0 Å². The van der Waals surface area contributed by atoms with Crippen molar-refractivity contribution in [2.45, 2.75) is 18.9 Å². The second-order valence-corrected chi connectivity index (χ2v) is 4.98. The summed E-state index contributed by atoms with van der Waals surface area (Å²) in [5.74, 6) is -0.462. The average Bonchev–Trinajstić information content (AvgIpc) is 2.89. The number of hydrogen-bond acceptors (Lipinski definition) is 4. The third kappa shape index (κ3) is 1.46. The summed E-state index contributed by atoms with van der Waals surface area (Å²) < 4.78 is 0. The quantitative estimate of drug-likeness (QED) is 0.710. The number of thiophene rings is 1. The van der Waals surface area contributed by atoms with E-state index >= 15 is 0 Å².